The summed E-state index contributed by atoms with van der Waals surface area (Å²) in [7, 11) is -3.47. The number of nitrogens with one attached hydrogen (secondary N) is 2. The Kier molecular flexibility index (Phi) is 8.88. The second-order valence-corrected chi connectivity index (χ2v) is 7.29. The first kappa shape index (κ1) is 21.4. The normalized spacial score (nSPS) is 16.0. The SMILES string of the molecule is Cl.NCCCNC(=O)CCCCCN=C1NS(=O)(=O)c2ccccc21. The van der Waals surface area contributed by atoms with Crippen molar-refractivity contribution in [1.82, 2.24) is 10.0 Å². The predicted octanol–water partition coefficient (Wildman–Crippen LogP) is 1.17. The van der Waals surface area contributed by atoms with Crippen LogP contribution in [-0.4, -0.2) is 39.8 Å². The quantitative estimate of drug-likeness (QED) is 0.551. The summed E-state index contributed by atoms with van der Waals surface area (Å²) in [5.41, 5.74) is 5.98. The van der Waals surface area contributed by atoms with Crippen molar-refractivity contribution in [3.63, 3.8) is 0 Å². The van der Waals surface area contributed by atoms with Crippen molar-refractivity contribution in [3.8, 4) is 0 Å². The van der Waals surface area contributed by atoms with Crippen LogP contribution in [0.4, 0.5) is 0 Å². The van der Waals surface area contributed by atoms with Crippen molar-refractivity contribution in [2.24, 2.45) is 10.7 Å². The topological polar surface area (TPSA) is 114 Å². The number of amidine groups is 1. The molecule has 0 spiro atoms. The molecule has 0 bridgehead atoms. The van der Waals surface area contributed by atoms with Gasteiger partial charge in [-0.1, -0.05) is 18.6 Å². The maximum atomic E-state index is 11.9. The maximum Gasteiger partial charge on any atom is 0.263 e. The fraction of sp³-hybridized carbons (Fsp3) is 0.500. The lowest BCUT2D eigenvalue weighted by Gasteiger charge is -2.04. The van der Waals surface area contributed by atoms with E-state index in [9.17, 15) is 13.2 Å². The van der Waals surface area contributed by atoms with E-state index >= 15 is 0 Å². The van der Waals surface area contributed by atoms with E-state index in [2.05, 4.69) is 15.0 Å². The molecular weight excluding hydrogens is 364 g/mol. The molecule has 140 valence electrons. The minimum Gasteiger partial charge on any atom is -0.356 e. The van der Waals surface area contributed by atoms with Gasteiger partial charge in [0.05, 0.1) is 4.90 Å². The molecule has 0 aliphatic carbocycles. The number of hydrogen-bond acceptors (Lipinski definition) is 5. The summed E-state index contributed by atoms with van der Waals surface area (Å²) in [5.74, 6) is 0.456. The van der Waals surface area contributed by atoms with Crippen LogP contribution in [0.1, 0.15) is 37.7 Å². The summed E-state index contributed by atoms with van der Waals surface area (Å²) in [6.45, 7) is 1.73. The van der Waals surface area contributed by atoms with E-state index < -0.39 is 10.0 Å². The molecule has 1 aliphatic heterocycles. The molecule has 1 aromatic rings. The number of nitrogens with zero attached hydrogens (tertiary/aromatic N) is 1. The Morgan fingerprint density at radius 2 is 1.92 bits per heavy atom. The number of amides is 1. The lowest BCUT2D eigenvalue weighted by Crippen LogP contribution is -2.25. The van der Waals surface area contributed by atoms with Gasteiger partial charge in [-0.25, -0.2) is 8.42 Å². The fourth-order valence-corrected chi connectivity index (χ4v) is 3.69. The molecule has 1 amide bonds. The molecular formula is C16H25ClN4O3S. The number of aliphatic imine (C=N–C) groups is 1. The van der Waals surface area contributed by atoms with E-state index in [1.165, 1.54) is 0 Å². The zero-order chi connectivity index (χ0) is 17.4. The number of benzene rings is 1. The van der Waals surface area contributed by atoms with Gasteiger partial charge in [0.2, 0.25) is 5.91 Å². The third kappa shape index (κ3) is 6.30. The van der Waals surface area contributed by atoms with Gasteiger partial charge < -0.3 is 11.1 Å². The van der Waals surface area contributed by atoms with Gasteiger partial charge in [0.1, 0.15) is 5.84 Å². The first-order chi connectivity index (χ1) is 11.5. The lowest BCUT2D eigenvalue weighted by molar-refractivity contribution is -0.121. The Bertz CT molecular complexity index is 707. The van der Waals surface area contributed by atoms with Crippen molar-refractivity contribution in [2.75, 3.05) is 19.6 Å². The number of carbonyl (C=O) groups excluding carboxylic acids is 1. The summed E-state index contributed by atoms with van der Waals surface area (Å²) in [6, 6.07) is 6.81. The fourth-order valence-electron chi connectivity index (χ4n) is 2.43. The number of halogens is 1. The van der Waals surface area contributed by atoms with Crippen LogP contribution in [0.3, 0.4) is 0 Å². The molecule has 1 aliphatic rings. The number of rotatable bonds is 9. The molecule has 0 saturated heterocycles. The van der Waals surface area contributed by atoms with Crippen LogP contribution in [0.2, 0.25) is 0 Å². The van der Waals surface area contributed by atoms with Gasteiger partial charge in [-0.3, -0.25) is 14.5 Å². The number of nitrogens with two attached hydrogens (primary N) is 1. The molecule has 7 nitrogen and oxygen atoms in total. The van der Waals surface area contributed by atoms with E-state index in [-0.39, 0.29) is 23.2 Å². The summed E-state index contributed by atoms with van der Waals surface area (Å²) in [6.07, 6.45) is 3.76. The number of sulfonamides is 1. The van der Waals surface area contributed by atoms with E-state index in [1.54, 1.807) is 24.3 Å². The second-order valence-electron chi connectivity index (χ2n) is 5.63. The van der Waals surface area contributed by atoms with Gasteiger partial charge in [0.25, 0.3) is 10.0 Å². The zero-order valence-electron chi connectivity index (χ0n) is 14.0. The van der Waals surface area contributed by atoms with Crippen LogP contribution in [0, 0.1) is 0 Å². The largest absolute Gasteiger partial charge is 0.356 e. The van der Waals surface area contributed by atoms with Gasteiger partial charge in [-0.2, -0.15) is 0 Å². The number of carbonyl (C=O) groups is 1. The number of hydrogen-bond donors (Lipinski definition) is 3. The standard InChI is InChI=1S/C16H24N4O3S.ClH/c17-10-6-12-18-15(21)9-2-1-5-11-19-16-13-7-3-4-8-14(13)24(22,23)20-16;/h3-4,7-8H,1-2,5-6,9-12,17H2,(H,18,21)(H,19,20);1H. The van der Waals surface area contributed by atoms with Crippen molar-refractivity contribution >= 4 is 34.2 Å². The zero-order valence-corrected chi connectivity index (χ0v) is 15.7. The predicted molar refractivity (Wildman–Crippen MR) is 101 cm³/mol. The first-order valence-corrected chi connectivity index (χ1v) is 9.66. The summed E-state index contributed by atoms with van der Waals surface area (Å²) in [5, 5.41) is 2.82. The van der Waals surface area contributed by atoms with Crippen LogP contribution in [0.15, 0.2) is 34.2 Å². The van der Waals surface area contributed by atoms with Gasteiger partial charge in [0.15, 0.2) is 0 Å². The third-order valence-electron chi connectivity index (χ3n) is 3.70. The molecule has 9 heteroatoms. The Morgan fingerprint density at radius 3 is 2.68 bits per heavy atom. The minimum absolute atomic E-state index is 0. The molecule has 2 rings (SSSR count). The monoisotopic (exact) mass is 388 g/mol. The van der Waals surface area contributed by atoms with Crippen molar-refractivity contribution in [3.05, 3.63) is 29.8 Å². The van der Waals surface area contributed by atoms with E-state index in [1.807, 2.05) is 0 Å². The molecule has 0 aromatic heterocycles. The summed E-state index contributed by atoms with van der Waals surface area (Å²) in [4.78, 5) is 16.1. The van der Waals surface area contributed by atoms with Crippen molar-refractivity contribution in [2.45, 2.75) is 37.0 Å². The highest BCUT2D eigenvalue weighted by Crippen LogP contribution is 2.22. The minimum atomic E-state index is -3.47. The van der Waals surface area contributed by atoms with Crippen LogP contribution in [-0.2, 0) is 14.8 Å². The maximum absolute atomic E-state index is 11.9. The van der Waals surface area contributed by atoms with Gasteiger partial charge >= 0.3 is 0 Å². The van der Waals surface area contributed by atoms with E-state index in [0.29, 0.717) is 37.5 Å². The molecule has 25 heavy (non-hydrogen) atoms. The Hall–Kier alpha value is -1.64. The Labute approximate surface area is 154 Å². The third-order valence-corrected chi connectivity index (χ3v) is 5.09. The smallest absolute Gasteiger partial charge is 0.263 e. The summed E-state index contributed by atoms with van der Waals surface area (Å²) < 4.78 is 26.4. The van der Waals surface area contributed by atoms with Crippen LogP contribution < -0.4 is 15.8 Å². The average molecular weight is 389 g/mol. The highest BCUT2D eigenvalue weighted by Gasteiger charge is 2.29. The molecule has 0 radical (unpaired) electrons. The highest BCUT2D eigenvalue weighted by molar-refractivity contribution is 7.90. The van der Waals surface area contributed by atoms with Gasteiger partial charge in [-0.05, 0) is 37.9 Å². The van der Waals surface area contributed by atoms with Crippen LogP contribution in [0.25, 0.3) is 0 Å². The van der Waals surface area contributed by atoms with Crippen molar-refractivity contribution in [1.29, 1.82) is 0 Å². The van der Waals surface area contributed by atoms with Crippen LogP contribution >= 0.6 is 12.4 Å². The molecule has 0 fully saturated rings. The molecule has 0 atom stereocenters. The number of fused-ring (bicyclic) bond motifs is 1. The second kappa shape index (κ2) is 10.4. The molecule has 1 aromatic carbocycles. The van der Waals surface area contributed by atoms with Gasteiger partial charge in [0, 0.05) is 25.1 Å². The molecule has 1 heterocycles. The van der Waals surface area contributed by atoms with Gasteiger partial charge in [-0.15, -0.1) is 12.4 Å². The van der Waals surface area contributed by atoms with E-state index in [4.69, 9.17) is 5.73 Å². The summed E-state index contributed by atoms with van der Waals surface area (Å²) >= 11 is 0. The van der Waals surface area contributed by atoms with Crippen LogP contribution in [0.5, 0.6) is 0 Å². The molecule has 0 unspecified atom stereocenters. The lowest BCUT2D eigenvalue weighted by atomic mass is 10.2. The van der Waals surface area contributed by atoms with E-state index in [0.717, 1.165) is 25.7 Å². The Morgan fingerprint density at radius 1 is 1.16 bits per heavy atom. The average Bonchev–Trinajstić information content (AvgIpc) is 2.82. The number of unbranched alkanes of at least 4 members (excludes halogenated alkanes) is 2. The van der Waals surface area contributed by atoms with Crippen molar-refractivity contribution < 1.29 is 13.2 Å². The molecule has 4 N–H and O–H groups in total. The Balaban J connectivity index is 0.00000312. The first-order valence-electron chi connectivity index (χ1n) is 8.18. The highest BCUT2D eigenvalue weighted by atomic mass is 35.5. The molecule has 0 saturated carbocycles.